The van der Waals surface area contributed by atoms with Gasteiger partial charge in [0.15, 0.2) is 0 Å². The van der Waals surface area contributed by atoms with Crippen LogP contribution in [0.1, 0.15) is 38.5 Å². The van der Waals surface area contributed by atoms with Gasteiger partial charge in [0.2, 0.25) is 0 Å². The average Bonchev–Trinajstić information content (AvgIpc) is 2.86. The van der Waals surface area contributed by atoms with Gasteiger partial charge in [0.05, 0.1) is 12.2 Å². The Morgan fingerprint density at radius 3 is 2.62 bits per heavy atom. The average molecular weight is 289 g/mol. The van der Waals surface area contributed by atoms with Crippen molar-refractivity contribution in [2.75, 3.05) is 18.5 Å². The zero-order chi connectivity index (χ0) is 11.0. The molecule has 3 aliphatic rings. The van der Waals surface area contributed by atoms with Crippen LogP contribution in [0.4, 0.5) is 0 Å². The van der Waals surface area contributed by atoms with Gasteiger partial charge < -0.3 is 9.47 Å². The quantitative estimate of drug-likeness (QED) is 0.740. The van der Waals surface area contributed by atoms with Crippen LogP contribution in [0.15, 0.2) is 0 Å². The van der Waals surface area contributed by atoms with Crippen molar-refractivity contribution in [3.8, 4) is 0 Å². The molecule has 2 aliphatic heterocycles. The van der Waals surface area contributed by atoms with Crippen molar-refractivity contribution in [1.29, 1.82) is 0 Å². The highest BCUT2D eigenvalue weighted by Gasteiger charge is 2.51. The maximum Gasteiger partial charge on any atom is 0.0669 e. The van der Waals surface area contributed by atoms with Crippen molar-refractivity contribution in [2.24, 2.45) is 11.3 Å². The second-order valence-electron chi connectivity index (χ2n) is 5.71. The van der Waals surface area contributed by atoms with E-state index in [9.17, 15) is 0 Å². The molecule has 1 saturated carbocycles. The van der Waals surface area contributed by atoms with Crippen molar-refractivity contribution in [2.45, 2.75) is 50.7 Å². The summed E-state index contributed by atoms with van der Waals surface area (Å²) in [5.41, 5.74) is 0.371. The first-order valence-electron chi connectivity index (χ1n) is 6.63. The van der Waals surface area contributed by atoms with Crippen LogP contribution >= 0.6 is 15.9 Å². The van der Waals surface area contributed by atoms with E-state index in [0.717, 1.165) is 24.5 Å². The van der Waals surface area contributed by atoms with Crippen LogP contribution in [0.25, 0.3) is 0 Å². The Bertz CT molecular complexity index is 248. The van der Waals surface area contributed by atoms with E-state index < -0.39 is 0 Å². The van der Waals surface area contributed by atoms with E-state index in [2.05, 4.69) is 15.9 Å². The summed E-state index contributed by atoms with van der Waals surface area (Å²) in [6, 6.07) is 0. The molecule has 3 fully saturated rings. The third kappa shape index (κ3) is 2.06. The lowest BCUT2D eigenvalue weighted by molar-refractivity contribution is 0.00567. The first-order chi connectivity index (χ1) is 7.84. The molecule has 3 heteroatoms. The molecule has 92 valence electrons. The van der Waals surface area contributed by atoms with Gasteiger partial charge in [-0.3, -0.25) is 0 Å². The van der Waals surface area contributed by atoms with Crippen molar-refractivity contribution >= 4 is 15.9 Å². The molecule has 3 rings (SSSR count). The van der Waals surface area contributed by atoms with Crippen LogP contribution in [0.3, 0.4) is 0 Å². The van der Waals surface area contributed by atoms with Crippen molar-refractivity contribution in [1.82, 2.24) is 0 Å². The summed E-state index contributed by atoms with van der Waals surface area (Å²) >= 11 is 3.74. The topological polar surface area (TPSA) is 18.5 Å². The van der Waals surface area contributed by atoms with E-state index in [4.69, 9.17) is 9.47 Å². The number of ether oxygens (including phenoxy) is 2. The minimum atomic E-state index is 0.371. The Kier molecular flexibility index (Phi) is 3.29. The number of hydrogen-bond acceptors (Lipinski definition) is 2. The van der Waals surface area contributed by atoms with Gasteiger partial charge in [-0.15, -0.1) is 0 Å². The minimum absolute atomic E-state index is 0.371. The highest BCUT2D eigenvalue weighted by molar-refractivity contribution is 9.09. The molecule has 0 bridgehead atoms. The van der Waals surface area contributed by atoms with Crippen LogP contribution < -0.4 is 0 Å². The molecule has 3 unspecified atom stereocenters. The van der Waals surface area contributed by atoms with E-state index in [1.807, 2.05) is 0 Å². The minimum Gasteiger partial charge on any atom is -0.378 e. The molecule has 1 aliphatic carbocycles. The number of halogens is 1. The molecular formula is C13H21BrO2. The Morgan fingerprint density at radius 2 is 2.00 bits per heavy atom. The molecule has 0 radical (unpaired) electrons. The summed E-state index contributed by atoms with van der Waals surface area (Å²) in [5.74, 6) is 0.849. The summed E-state index contributed by atoms with van der Waals surface area (Å²) < 4.78 is 11.8. The monoisotopic (exact) mass is 288 g/mol. The summed E-state index contributed by atoms with van der Waals surface area (Å²) in [7, 11) is 0. The maximum absolute atomic E-state index is 6.01. The third-order valence-corrected chi connectivity index (χ3v) is 5.59. The predicted octanol–water partition coefficient (Wildman–Crippen LogP) is 3.14. The fourth-order valence-corrected chi connectivity index (χ4v) is 4.25. The molecule has 0 aromatic rings. The predicted molar refractivity (Wildman–Crippen MR) is 66.9 cm³/mol. The highest BCUT2D eigenvalue weighted by atomic mass is 79.9. The fraction of sp³-hybridized carbons (Fsp3) is 1.00. The van der Waals surface area contributed by atoms with E-state index >= 15 is 0 Å². The van der Waals surface area contributed by atoms with Gasteiger partial charge in [-0.05, 0) is 44.4 Å². The molecule has 2 nitrogen and oxygen atoms in total. The number of rotatable bonds is 4. The van der Waals surface area contributed by atoms with Gasteiger partial charge in [0.1, 0.15) is 0 Å². The van der Waals surface area contributed by atoms with E-state index in [-0.39, 0.29) is 0 Å². The zero-order valence-corrected chi connectivity index (χ0v) is 11.4. The van der Waals surface area contributed by atoms with E-state index in [1.165, 1.54) is 38.5 Å². The van der Waals surface area contributed by atoms with Gasteiger partial charge in [0, 0.05) is 24.0 Å². The molecular weight excluding hydrogens is 268 g/mol. The second kappa shape index (κ2) is 4.58. The number of alkyl halides is 1. The molecule has 0 aromatic carbocycles. The summed E-state index contributed by atoms with van der Waals surface area (Å²) in [5, 5.41) is 1.08. The van der Waals surface area contributed by atoms with Gasteiger partial charge in [-0.25, -0.2) is 0 Å². The maximum atomic E-state index is 6.01. The van der Waals surface area contributed by atoms with Crippen molar-refractivity contribution < 1.29 is 9.47 Å². The Balaban J connectivity index is 1.69. The van der Waals surface area contributed by atoms with Crippen LogP contribution in [0, 0.1) is 11.3 Å². The van der Waals surface area contributed by atoms with Crippen LogP contribution in [-0.2, 0) is 9.47 Å². The van der Waals surface area contributed by atoms with Crippen molar-refractivity contribution in [3.05, 3.63) is 0 Å². The molecule has 0 aromatic heterocycles. The van der Waals surface area contributed by atoms with Crippen molar-refractivity contribution in [3.63, 3.8) is 0 Å². The lowest BCUT2D eigenvalue weighted by atomic mass is 9.76. The fourth-order valence-electron chi connectivity index (χ4n) is 3.42. The Morgan fingerprint density at radius 1 is 1.12 bits per heavy atom. The molecule has 2 heterocycles. The van der Waals surface area contributed by atoms with E-state index in [0.29, 0.717) is 17.6 Å². The molecule has 0 N–H and O–H groups in total. The van der Waals surface area contributed by atoms with Gasteiger partial charge in [-0.2, -0.15) is 0 Å². The lowest BCUT2D eigenvalue weighted by Crippen LogP contribution is -2.37. The third-order valence-electron chi connectivity index (χ3n) is 4.48. The van der Waals surface area contributed by atoms with Gasteiger partial charge >= 0.3 is 0 Å². The van der Waals surface area contributed by atoms with Crippen LogP contribution in [0.5, 0.6) is 0 Å². The zero-order valence-electron chi connectivity index (χ0n) is 9.79. The highest BCUT2D eigenvalue weighted by Crippen LogP contribution is 2.51. The normalized spacial score (nSPS) is 44.1. The Hall–Kier alpha value is 0.400. The second-order valence-corrected chi connectivity index (χ2v) is 6.27. The number of hydrogen-bond donors (Lipinski definition) is 0. The summed E-state index contributed by atoms with van der Waals surface area (Å²) in [4.78, 5) is 0. The standard InChI is InChI=1S/C13H21BrO2/c14-9-13(8-11-2-1-6-15-11)5-7-16-12(13)10-3-4-10/h10-12H,1-9H2. The molecule has 2 saturated heterocycles. The first-order valence-corrected chi connectivity index (χ1v) is 7.75. The largest absolute Gasteiger partial charge is 0.378 e. The SMILES string of the molecule is BrCC1(CC2CCCO2)CCOC1C1CC1. The molecule has 16 heavy (non-hydrogen) atoms. The smallest absolute Gasteiger partial charge is 0.0669 e. The summed E-state index contributed by atoms with van der Waals surface area (Å²) in [6.07, 6.45) is 8.70. The Labute approximate surface area is 106 Å². The van der Waals surface area contributed by atoms with Crippen LogP contribution in [0.2, 0.25) is 0 Å². The van der Waals surface area contributed by atoms with Gasteiger partial charge in [0.25, 0.3) is 0 Å². The van der Waals surface area contributed by atoms with E-state index in [1.54, 1.807) is 0 Å². The molecule has 0 amide bonds. The lowest BCUT2D eigenvalue weighted by Gasteiger charge is -2.34. The molecule has 0 spiro atoms. The summed E-state index contributed by atoms with van der Waals surface area (Å²) in [6.45, 7) is 1.93. The molecule has 3 atom stereocenters. The van der Waals surface area contributed by atoms with Gasteiger partial charge in [-0.1, -0.05) is 15.9 Å². The van der Waals surface area contributed by atoms with Crippen LogP contribution in [-0.4, -0.2) is 30.8 Å². The first kappa shape index (κ1) is 11.5.